The molecule has 1 atom stereocenters. The van der Waals surface area contributed by atoms with Gasteiger partial charge in [-0.3, -0.25) is 4.79 Å². The number of halogens is 2. The first kappa shape index (κ1) is 18.6. The topological polar surface area (TPSA) is 110 Å². The zero-order chi connectivity index (χ0) is 18.7. The van der Waals surface area contributed by atoms with Crippen LogP contribution in [0, 0.1) is 5.82 Å². The number of H-pyrrole nitrogens is 1. The highest BCUT2D eigenvalue weighted by Gasteiger charge is 2.14. The molecule has 0 spiro atoms. The van der Waals surface area contributed by atoms with E-state index in [4.69, 9.17) is 17.3 Å². The highest BCUT2D eigenvalue weighted by atomic mass is 35.5. The van der Waals surface area contributed by atoms with Crippen molar-refractivity contribution in [1.29, 1.82) is 0 Å². The van der Waals surface area contributed by atoms with E-state index in [-0.39, 0.29) is 22.4 Å². The third-order valence-electron chi connectivity index (χ3n) is 3.54. The second-order valence-electron chi connectivity index (χ2n) is 5.58. The van der Waals surface area contributed by atoms with Gasteiger partial charge in [0.2, 0.25) is 0 Å². The predicted molar refractivity (Wildman–Crippen MR) is 101 cm³/mol. The van der Waals surface area contributed by atoms with Crippen molar-refractivity contribution in [3.8, 4) is 0 Å². The lowest BCUT2D eigenvalue weighted by Crippen LogP contribution is -2.26. The van der Waals surface area contributed by atoms with Gasteiger partial charge in [0.1, 0.15) is 11.3 Å². The summed E-state index contributed by atoms with van der Waals surface area (Å²) in [5.41, 5.74) is 6.45. The van der Waals surface area contributed by atoms with E-state index in [0.29, 0.717) is 34.2 Å². The number of nitrogens with two attached hydrogens (primary N) is 1. The normalized spacial score (nSPS) is 12.3. The Hall–Kier alpha value is -2.23. The van der Waals surface area contributed by atoms with E-state index in [0.717, 1.165) is 6.20 Å². The van der Waals surface area contributed by atoms with Gasteiger partial charge in [-0.05, 0) is 18.6 Å². The third kappa shape index (κ3) is 4.12. The number of rotatable bonds is 6. The Bertz CT molecular complexity index is 998. The van der Waals surface area contributed by atoms with Crippen molar-refractivity contribution in [1.82, 2.24) is 19.9 Å². The molecule has 0 fully saturated rings. The van der Waals surface area contributed by atoms with E-state index in [2.05, 4.69) is 25.3 Å². The zero-order valence-corrected chi connectivity index (χ0v) is 15.4. The lowest BCUT2D eigenvalue weighted by molar-refractivity contribution is 0.617. The average Bonchev–Trinajstić information content (AvgIpc) is 2.62. The lowest BCUT2D eigenvalue weighted by atomic mass is 10.2. The zero-order valence-electron chi connectivity index (χ0n) is 13.8. The average molecular weight is 395 g/mol. The molecule has 4 N–H and O–H groups in total. The van der Waals surface area contributed by atoms with Crippen LogP contribution in [0.5, 0.6) is 0 Å². The minimum Gasteiger partial charge on any atom is -0.364 e. The molecule has 0 aliphatic heterocycles. The summed E-state index contributed by atoms with van der Waals surface area (Å²) in [6.07, 6.45) is 1.16. The quantitative estimate of drug-likeness (QED) is 0.435. The lowest BCUT2D eigenvalue weighted by Gasteiger charge is -2.14. The van der Waals surface area contributed by atoms with Crippen LogP contribution in [0.2, 0.25) is 5.02 Å². The molecular formula is C16H16ClFN6OS. The largest absolute Gasteiger partial charge is 0.364 e. The molecule has 0 amide bonds. The van der Waals surface area contributed by atoms with E-state index in [1.165, 1.54) is 17.8 Å². The number of nitrogens with one attached hydrogen (secondary N) is 2. The second kappa shape index (κ2) is 7.98. The fraction of sp³-hybridized carbons (Fsp3) is 0.250. The van der Waals surface area contributed by atoms with Crippen LogP contribution in [0.25, 0.3) is 11.2 Å². The summed E-state index contributed by atoms with van der Waals surface area (Å²) in [6.45, 7) is 2.29. The maximum absolute atomic E-state index is 14.0. The van der Waals surface area contributed by atoms with Gasteiger partial charge in [0.05, 0.1) is 11.2 Å². The van der Waals surface area contributed by atoms with E-state index < -0.39 is 5.82 Å². The molecule has 0 aliphatic carbocycles. The SMILES string of the molecule is CC(CN)Nc1nc(SCc2cccc(Cl)c2F)nc2[nH]c(=O)cnc12. The van der Waals surface area contributed by atoms with Gasteiger partial charge in [-0.15, -0.1) is 0 Å². The number of hydrogen-bond acceptors (Lipinski definition) is 7. The highest BCUT2D eigenvalue weighted by molar-refractivity contribution is 7.98. The minimum atomic E-state index is -0.465. The number of thioether (sulfide) groups is 1. The van der Waals surface area contributed by atoms with Gasteiger partial charge in [0.15, 0.2) is 16.6 Å². The van der Waals surface area contributed by atoms with Crippen LogP contribution in [0.1, 0.15) is 12.5 Å². The van der Waals surface area contributed by atoms with Gasteiger partial charge in [-0.25, -0.2) is 19.3 Å². The molecule has 1 unspecified atom stereocenters. The van der Waals surface area contributed by atoms with Crippen LogP contribution in [0.15, 0.2) is 34.3 Å². The van der Waals surface area contributed by atoms with Gasteiger partial charge >= 0.3 is 0 Å². The monoisotopic (exact) mass is 394 g/mol. The molecule has 0 saturated heterocycles. The van der Waals surface area contributed by atoms with Crippen molar-refractivity contribution in [2.24, 2.45) is 5.73 Å². The van der Waals surface area contributed by atoms with Crippen LogP contribution in [-0.2, 0) is 5.75 Å². The van der Waals surface area contributed by atoms with Gasteiger partial charge in [0.25, 0.3) is 5.56 Å². The Morgan fingerprint density at radius 3 is 3.00 bits per heavy atom. The van der Waals surface area contributed by atoms with Crippen LogP contribution in [0.3, 0.4) is 0 Å². The predicted octanol–water partition coefficient (Wildman–Crippen LogP) is 2.56. The molecule has 3 rings (SSSR count). The summed E-state index contributed by atoms with van der Waals surface area (Å²) in [5, 5.41) is 3.58. The molecule has 0 saturated carbocycles. The summed E-state index contributed by atoms with van der Waals surface area (Å²) in [5.74, 6) is 0.278. The second-order valence-corrected chi connectivity index (χ2v) is 6.93. The summed E-state index contributed by atoms with van der Waals surface area (Å²) >= 11 is 7.03. The minimum absolute atomic E-state index is 0.0509. The Morgan fingerprint density at radius 2 is 2.23 bits per heavy atom. The van der Waals surface area contributed by atoms with E-state index in [9.17, 15) is 9.18 Å². The first-order chi connectivity index (χ1) is 12.5. The molecule has 3 aromatic rings. The summed E-state index contributed by atoms with van der Waals surface area (Å²) in [7, 11) is 0. The Balaban J connectivity index is 1.94. The van der Waals surface area contributed by atoms with Crippen LogP contribution >= 0.6 is 23.4 Å². The molecule has 2 heterocycles. The van der Waals surface area contributed by atoms with E-state index >= 15 is 0 Å². The highest BCUT2D eigenvalue weighted by Crippen LogP contribution is 2.27. The van der Waals surface area contributed by atoms with Gasteiger partial charge in [-0.1, -0.05) is 35.5 Å². The number of benzene rings is 1. The Kier molecular flexibility index (Phi) is 5.70. The van der Waals surface area contributed by atoms with Crippen molar-refractivity contribution >= 4 is 40.3 Å². The van der Waals surface area contributed by atoms with Crippen molar-refractivity contribution in [2.45, 2.75) is 23.9 Å². The standard InChI is InChI=1S/C16H16ClFN6OS/c1-8(5-19)21-14-13-15(22-11(25)6-20-13)24-16(23-14)26-7-9-3-2-4-10(17)12(9)18/h2-4,6,8H,5,7,19H2,1H3,(H2,21,22,23,24,25). The number of hydrogen-bond donors (Lipinski definition) is 3. The summed E-state index contributed by atoms with van der Waals surface area (Å²) < 4.78 is 14.0. The molecule has 0 radical (unpaired) electrons. The third-order valence-corrected chi connectivity index (χ3v) is 4.73. The Labute approximate surface area is 157 Å². The fourth-order valence-corrected chi connectivity index (χ4v) is 3.19. The van der Waals surface area contributed by atoms with Crippen molar-refractivity contribution < 1.29 is 4.39 Å². The van der Waals surface area contributed by atoms with Crippen LogP contribution in [-0.4, -0.2) is 32.5 Å². The maximum atomic E-state index is 14.0. The van der Waals surface area contributed by atoms with Crippen molar-refractivity contribution in [3.05, 3.63) is 51.2 Å². The molecule has 136 valence electrons. The number of anilines is 1. The maximum Gasteiger partial charge on any atom is 0.268 e. The van der Waals surface area contributed by atoms with Crippen molar-refractivity contribution in [3.63, 3.8) is 0 Å². The molecule has 2 aromatic heterocycles. The molecule has 0 aliphatic rings. The first-order valence-electron chi connectivity index (χ1n) is 7.77. The summed E-state index contributed by atoms with van der Waals surface area (Å²) in [4.78, 5) is 27.0. The summed E-state index contributed by atoms with van der Waals surface area (Å²) in [6, 6.07) is 4.77. The number of aromatic amines is 1. The number of aromatic nitrogens is 4. The number of nitrogens with zero attached hydrogens (tertiary/aromatic N) is 3. The molecule has 10 heteroatoms. The van der Waals surface area contributed by atoms with Crippen LogP contribution < -0.4 is 16.6 Å². The smallest absolute Gasteiger partial charge is 0.268 e. The number of fused-ring (bicyclic) bond motifs is 1. The Morgan fingerprint density at radius 1 is 1.42 bits per heavy atom. The molecule has 0 bridgehead atoms. The van der Waals surface area contributed by atoms with Crippen LogP contribution in [0.4, 0.5) is 10.2 Å². The van der Waals surface area contributed by atoms with E-state index in [1.807, 2.05) is 6.92 Å². The first-order valence-corrected chi connectivity index (χ1v) is 9.13. The molecule has 7 nitrogen and oxygen atoms in total. The van der Waals surface area contributed by atoms with Gasteiger partial charge in [-0.2, -0.15) is 0 Å². The fourth-order valence-electron chi connectivity index (χ4n) is 2.18. The van der Waals surface area contributed by atoms with E-state index in [1.54, 1.807) is 12.1 Å². The van der Waals surface area contributed by atoms with Crippen molar-refractivity contribution in [2.75, 3.05) is 11.9 Å². The molecule has 26 heavy (non-hydrogen) atoms. The molecular weight excluding hydrogens is 379 g/mol. The van der Waals surface area contributed by atoms with Gasteiger partial charge in [0, 0.05) is 18.3 Å². The van der Waals surface area contributed by atoms with Gasteiger partial charge < -0.3 is 16.0 Å². The molecule has 1 aromatic carbocycles.